The first-order chi connectivity index (χ1) is 11.1. The van der Waals surface area contributed by atoms with Gasteiger partial charge in [-0.25, -0.2) is 8.42 Å². The molecular weight excluding hydrogens is 341 g/mol. The highest BCUT2D eigenvalue weighted by atomic mass is 32.2. The Morgan fingerprint density at radius 2 is 1.58 bits per heavy atom. The summed E-state index contributed by atoms with van der Waals surface area (Å²) >= 11 is 0. The molecule has 0 unspecified atom stereocenters. The van der Waals surface area contributed by atoms with Crippen LogP contribution in [0.2, 0.25) is 0 Å². The van der Waals surface area contributed by atoms with Gasteiger partial charge in [0.05, 0.1) is 11.3 Å². The fraction of sp³-hybridized carbons (Fsp3) is 0.625. The molecule has 1 aromatic carbocycles. The number of hydrogen-bond acceptors (Lipinski definition) is 3. The van der Waals surface area contributed by atoms with E-state index < -0.39 is 21.8 Å². The van der Waals surface area contributed by atoms with Crippen molar-refractivity contribution in [1.29, 1.82) is 0 Å². The van der Waals surface area contributed by atoms with Crippen molar-refractivity contribution in [3.05, 3.63) is 35.4 Å². The van der Waals surface area contributed by atoms with Crippen molar-refractivity contribution in [3.8, 4) is 0 Å². The number of alkyl halides is 3. The molecule has 1 aromatic rings. The van der Waals surface area contributed by atoms with Crippen LogP contribution in [0.4, 0.5) is 13.2 Å². The van der Waals surface area contributed by atoms with Crippen LogP contribution in [-0.4, -0.2) is 55.6 Å². The Hall–Kier alpha value is -1.12. The summed E-state index contributed by atoms with van der Waals surface area (Å²) in [5.74, 6) is -0.0833. The molecular formula is C16H23F3N2O2S. The topological polar surface area (TPSA) is 40.6 Å². The third-order valence-electron chi connectivity index (χ3n) is 4.33. The van der Waals surface area contributed by atoms with Gasteiger partial charge in [-0.2, -0.15) is 17.5 Å². The molecule has 0 amide bonds. The molecule has 2 rings (SSSR count). The number of aryl methyl sites for hydroxylation is 1. The van der Waals surface area contributed by atoms with Crippen molar-refractivity contribution < 1.29 is 21.6 Å². The zero-order valence-corrected chi connectivity index (χ0v) is 14.7. The van der Waals surface area contributed by atoms with E-state index in [1.54, 1.807) is 0 Å². The molecule has 1 saturated heterocycles. The number of benzene rings is 1. The largest absolute Gasteiger partial charge is 0.416 e. The molecule has 0 saturated carbocycles. The predicted molar refractivity (Wildman–Crippen MR) is 87.2 cm³/mol. The van der Waals surface area contributed by atoms with Crippen LogP contribution in [0.15, 0.2) is 24.3 Å². The number of hydrogen-bond donors (Lipinski definition) is 0. The van der Waals surface area contributed by atoms with Crippen molar-refractivity contribution in [2.75, 3.05) is 31.9 Å². The summed E-state index contributed by atoms with van der Waals surface area (Å²) < 4.78 is 63.8. The van der Waals surface area contributed by atoms with Crippen LogP contribution in [0, 0.1) is 0 Å². The maximum atomic E-state index is 12.5. The Morgan fingerprint density at radius 1 is 1.04 bits per heavy atom. The first-order valence-corrected chi connectivity index (χ1v) is 9.58. The monoisotopic (exact) mass is 364 g/mol. The van der Waals surface area contributed by atoms with Crippen molar-refractivity contribution >= 4 is 10.0 Å². The van der Waals surface area contributed by atoms with E-state index in [4.69, 9.17) is 0 Å². The van der Waals surface area contributed by atoms with Gasteiger partial charge in [-0.3, -0.25) is 4.90 Å². The minimum absolute atomic E-state index is 0.0833. The van der Waals surface area contributed by atoms with Crippen molar-refractivity contribution in [2.45, 2.75) is 32.5 Å². The van der Waals surface area contributed by atoms with E-state index in [0.717, 1.165) is 12.1 Å². The van der Waals surface area contributed by atoms with E-state index >= 15 is 0 Å². The van der Waals surface area contributed by atoms with Gasteiger partial charge in [-0.15, -0.1) is 0 Å². The number of nitrogens with zero attached hydrogens (tertiary/aromatic N) is 2. The average Bonchev–Trinajstić information content (AvgIpc) is 2.52. The molecule has 136 valence electrons. The minimum atomic E-state index is -4.37. The second-order valence-corrected chi connectivity index (χ2v) is 8.38. The lowest BCUT2D eigenvalue weighted by molar-refractivity contribution is -0.137. The third-order valence-corrected chi connectivity index (χ3v) is 6.20. The van der Waals surface area contributed by atoms with Crippen LogP contribution in [0.3, 0.4) is 0 Å². The van der Waals surface area contributed by atoms with E-state index in [1.165, 1.54) is 16.4 Å². The van der Waals surface area contributed by atoms with Crippen LogP contribution in [0.5, 0.6) is 0 Å². The molecule has 1 aliphatic rings. The summed E-state index contributed by atoms with van der Waals surface area (Å²) in [6, 6.07) is 5.05. The van der Waals surface area contributed by atoms with Gasteiger partial charge >= 0.3 is 6.18 Å². The first kappa shape index (κ1) is 19.2. The summed E-state index contributed by atoms with van der Waals surface area (Å²) in [5.41, 5.74) is -0.133. The number of sulfonamides is 1. The summed E-state index contributed by atoms with van der Waals surface area (Å²) in [6.45, 7) is 6.50. The molecule has 0 spiro atoms. The van der Waals surface area contributed by atoms with E-state index in [2.05, 4.69) is 18.7 Å². The Morgan fingerprint density at radius 3 is 2.04 bits per heavy atom. The fourth-order valence-electron chi connectivity index (χ4n) is 2.73. The number of piperazine rings is 1. The molecule has 4 nitrogen and oxygen atoms in total. The van der Waals surface area contributed by atoms with Gasteiger partial charge in [0.2, 0.25) is 10.0 Å². The molecule has 0 radical (unpaired) electrons. The standard InChI is InChI=1S/C16H23F3N2O2S/c1-13(2)20-8-10-21(11-9-20)24(22,23)12-7-14-3-5-15(6-4-14)16(17,18)19/h3-6,13H,7-12H2,1-2H3. The van der Waals surface area contributed by atoms with Gasteiger partial charge in [0.15, 0.2) is 0 Å². The summed E-state index contributed by atoms with van der Waals surface area (Å²) in [4.78, 5) is 2.22. The van der Waals surface area contributed by atoms with Crippen LogP contribution >= 0.6 is 0 Å². The SMILES string of the molecule is CC(C)N1CCN(S(=O)(=O)CCc2ccc(C(F)(F)F)cc2)CC1. The van der Waals surface area contributed by atoms with Crippen LogP contribution in [0.1, 0.15) is 25.0 Å². The molecule has 24 heavy (non-hydrogen) atoms. The molecule has 0 aliphatic carbocycles. The maximum absolute atomic E-state index is 12.5. The Kier molecular flexibility index (Phi) is 5.93. The lowest BCUT2D eigenvalue weighted by Gasteiger charge is -2.36. The van der Waals surface area contributed by atoms with E-state index in [1.807, 2.05) is 0 Å². The lowest BCUT2D eigenvalue weighted by atomic mass is 10.1. The summed E-state index contributed by atoms with van der Waals surface area (Å²) in [6.07, 6.45) is -4.16. The maximum Gasteiger partial charge on any atom is 0.416 e. The molecule has 1 heterocycles. The highest BCUT2D eigenvalue weighted by molar-refractivity contribution is 7.89. The van der Waals surface area contributed by atoms with Crippen molar-refractivity contribution in [1.82, 2.24) is 9.21 Å². The van der Waals surface area contributed by atoms with Crippen LogP contribution < -0.4 is 0 Å². The number of halogens is 3. The molecule has 0 bridgehead atoms. The minimum Gasteiger partial charge on any atom is -0.298 e. The van der Waals surface area contributed by atoms with Gasteiger partial charge in [-0.1, -0.05) is 12.1 Å². The quantitative estimate of drug-likeness (QED) is 0.806. The highest BCUT2D eigenvalue weighted by Crippen LogP contribution is 2.29. The summed E-state index contributed by atoms with van der Waals surface area (Å²) in [7, 11) is -3.38. The van der Waals surface area contributed by atoms with Gasteiger partial charge in [0.1, 0.15) is 0 Å². The summed E-state index contributed by atoms with van der Waals surface area (Å²) in [5, 5.41) is 0. The van der Waals surface area contributed by atoms with E-state index in [0.29, 0.717) is 37.8 Å². The van der Waals surface area contributed by atoms with Gasteiger partial charge in [0, 0.05) is 32.2 Å². The Bertz CT molecular complexity index is 634. The smallest absolute Gasteiger partial charge is 0.298 e. The predicted octanol–water partition coefficient (Wildman–Crippen LogP) is 2.60. The van der Waals surface area contributed by atoms with Crippen molar-refractivity contribution in [3.63, 3.8) is 0 Å². The third kappa shape index (κ3) is 4.94. The molecule has 0 atom stereocenters. The van der Waals surface area contributed by atoms with Crippen molar-refractivity contribution in [2.24, 2.45) is 0 Å². The Balaban J connectivity index is 1.91. The molecule has 1 aliphatic heterocycles. The average molecular weight is 364 g/mol. The normalized spacial score (nSPS) is 18.2. The first-order valence-electron chi connectivity index (χ1n) is 7.97. The van der Waals surface area contributed by atoms with Gasteiger partial charge in [0.25, 0.3) is 0 Å². The molecule has 8 heteroatoms. The zero-order chi connectivity index (χ0) is 18.0. The second-order valence-electron chi connectivity index (χ2n) is 6.29. The second kappa shape index (κ2) is 7.41. The highest BCUT2D eigenvalue weighted by Gasteiger charge is 2.30. The molecule has 0 N–H and O–H groups in total. The molecule has 0 aromatic heterocycles. The van der Waals surface area contributed by atoms with E-state index in [9.17, 15) is 21.6 Å². The van der Waals surface area contributed by atoms with E-state index in [-0.39, 0.29) is 12.2 Å². The zero-order valence-electron chi connectivity index (χ0n) is 13.9. The van der Waals surface area contributed by atoms with Gasteiger partial charge in [-0.05, 0) is 38.0 Å². The van der Waals surface area contributed by atoms with Gasteiger partial charge < -0.3 is 0 Å². The number of rotatable bonds is 5. The van der Waals surface area contributed by atoms with Crippen LogP contribution in [0.25, 0.3) is 0 Å². The van der Waals surface area contributed by atoms with Crippen LogP contribution in [-0.2, 0) is 22.6 Å². The molecule has 1 fully saturated rings. The lowest BCUT2D eigenvalue weighted by Crippen LogP contribution is -2.51. The Labute approximate surface area is 141 Å². The fourth-order valence-corrected chi connectivity index (χ4v) is 4.21.